The number of sulfonamides is 1. The fourth-order valence-corrected chi connectivity index (χ4v) is 5.15. The SMILES string of the molecule is Cc1cc(S(=O)(=O)NC(c2cccnc2)C2CC2)sc1C. The monoisotopic (exact) mass is 322 g/mol. The maximum atomic E-state index is 12.6. The van der Waals surface area contributed by atoms with Gasteiger partial charge in [-0.15, -0.1) is 11.3 Å². The molecule has 112 valence electrons. The zero-order valence-corrected chi connectivity index (χ0v) is 13.7. The second-order valence-corrected chi connectivity index (χ2v) is 8.72. The second-order valence-electron chi connectivity index (χ2n) is 5.53. The van der Waals surface area contributed by atoms with E-state index < -0.39 is 10.0 Å². The summed E-state index contributed by atoms with van der Waals surface area (Å²) in [6, 6.07) is 5.35. The zero-order valence-electron chi connectivity index (χ0n) is 12.0. The van der Waals surface area contributed by atoms with Crippen LogP contribution in [0.1, 0.15) is 34.9 Å². The van der Waals surface area contributed by atoms with Gasteiger partial charge in [0.1, 0.15) is 4.21 Å². The Morgan fingerprint density at radius 2 is 2.14 bits per heavy atom. The Labute approximate surface area is 129 Å². The fraction of sp³-hybridized carbons (Fsp3) is 0.400. The Bertz CT molecular complexity index is 715. The van der Waals surface area contributed by atoms with Crippen LogP contribution in [0.25, 0.3) is 0 Å². The standard InChI is InChI=1S/C15H18N2O2S2/c1-10-8-14(20-11(10)2)21(18,19)17-15(12-5-6-12)13-4-3-7-16-9-13/h3-4,7-9,12,15,17H,5-6H2,1-2H3. The first kappa shape index (κ1) is 14.7. The molecular weight excluding hydrogens is 304 g/mol. The van der Waals surface area contributed by atoms with Crippen molar-refractivity contribution in [3.8, 4) is 0 Å². The Morgan fingerprint density at radius 1 is 1.38 bits per heavy atom. The van der Waals surface area contributed by atoms with Crippen molar-refractivity contribution in [1.82, 2.24) is 9.71 Å². The van der Waals surface area contributed by atoms with Gasteiger partial charge in [-0.3, -0.25) is 4.98 Å². The smallest absolute Gasteiger partial charge is 0.250 e. The van der Waals surface area contributed by atoms with E-state index >= 15 is 0 Å². The molecule has 2 aromatic rings. The summed E-state index contributed by atoms with van der Waals surface area (Å²) in [5.41, 5.74) is 1.96. The van der Waals surface area contributed by atoms with Crippen LogP contribution in [0.15, 0.2) is 34.8 Å². The Morgan fingerprint density at radius 3 is 2.67 bits per heavy atom. The van der Waals surface area contributed by atoms with E-state index in [0.29, 0.717) is 10.1 Å². The molecule has 1 aliphatic carbocycles. The van der Waals surface area contributed by atoms with E-state index in [9.17, 15) is 8.42 Å². The molecular formula is C15H18N2O2S2. The molecule has 1 N–H and O–H groups in total. The van der Waals surface area contributed by atoms with Crippen LogP contribution >= 0.6 is 11.3 Å². The third kappa shape index (κ3) is 3.17. The Kier molecular flexibility index (Phi) is 3.86. The van der Waals surface area contributed by atoms with Gasteiger partial charge in [0.05, 0.1) is 6.04 Å². The first-order valence-electron chi connectivity index (χ1n) is 6.96. The summed E-state index contributed by atoms with van der Waals surface area (Å²) in [6.07, 6.45) is 5.57. The van der Waals surface area contributed by atoms with Gasteiger partial charge < -0.3 is 0 Å². The Balaban J connectivity index is 1.89. The van der Waals surface area contributed by atoms with E-state index in [0.717, 1.165) is 28.8 Å². The third-order valence-corrected chi connectivity index (χ3v) is 6.89. The van der Waals surface area contributed by atoms with Crippen LogP contribution in [0, 0.1) is 19.8 Å². The molecule has 4 nitrogen and oxygen atoms in total. The third-order valence-electron chi connectivity index (χ3n) is 3.83. The summed E-state index contributed by atoms with van der Waals surface area (Å²) < 4.78 is 28.5. The van der Waals surface area contributed by atoms with Crippen LogP contribution in [0.3, 0.4) is 0 Å². The minimum Gasteiger partial charge on any atom is -0.264 e. The molecule has 0 saturated heterocycles. The normalized spacial score (nSPS) is 16.9. The van der Waals surface area contributed by atoms with Crippen LogP contribution < -0.4 is 4.72 Å². The summed E-state index contributed by atoms with van der Waals surface area (Å²) in [6.45, 7) is 3.88. The van der Waals surface area contributed by atoms with E-state index in [-0.39, 0.29) is 6.04 Å². The van der Waals surface area contributed by atoms with Crippen LogP contribution in [-0.4, -0.2) is 13.4 Å². The number of nitrogens with one attached hydrogen (secondary N) is 1. The molecule has 1 fully saturated rings. The van der Waals surface area contributed by atoms with Crippen molar-refractivity contribution in [2.75, 3.05) is 0 Å². The lowest BCUT2D eigenvalue weighted by molar-refractivity contribution is 0.529. The van der Waals surface area contributed by atoms with Gasteiger partial charge in [0.25, 0.3) is 10.0 Å². The van der Waals surface area contributed by atoms with Gasteiger partial charge in [-0.1, -0.05) is 6.07 Å². The summed E-state index contributed by atoms with van der Waals surface area (Å²) in [5, 5.41) is 0. The largest absolute Gasteiger partial charge is 0.264 e. The highest BCUT2D eigenvalue weighted by Crippen LogP contribution is 2.41. The van der Waals surface area contributed by atoms with Gasteiger partial charge >= 0.3 is 0 Å². The highest BCUT2D eigenvalue weighted by molar-refractivity contribution is 7.91. The molecule has 0 radical (unpaired) electrons. The van der Waals surface area contributed by atoms with E-state index in [1.165, 1.54) is 11.3 Å². The van der Waals surface area contributed by atoms with Gasteiger partial charge in [-0.05, 0) is 55.9 Å². The van der Waals surface area contributed by atoms with Gasteiger partial charge in [-0.25, -0.2) is 13.1 Å². The Hall–Kier alpha value is -1.24. The van der Waals surface area contributed by atoms with Crippen LogP contribution in [0.5, 0.6) is 0 Å². The molecule has 1 atom stereocenters. The lowest BCUT2D eigenvalue weighted by Crippen LogP contribution is -2.29. The number of hydrogen-bond acceptors (Lipinski definition) is 4. The molecule has 0 aliphatic heterocycles. The number of pyridine rings is 1. The number of aryl methyl sites for hydroxylation is 2. The highest BCUT2D eigenvalue weighted by atomic mass is 32.2. The molecule has 2 aromatic heterocycles. The second kappa shape index (κ2) is 5.51. The summed E-state index contributed by atoms with van der Waals surface area (Å²) in [5.74, 6) is 0.381. The van der Waals surface area contributed by atoms with Gasteiger partial charge in [0, 0.05) is 17.3 Å². The maximum Gasteiger partial charge on any atom is 0.250 e. The average molecular weight is 322 g/mol. The van der Waals surface area contributed by atoms with E-state index in [1.807, 2.05) is 26.0 Å². The van der Waals surface area contributed by atoms with Crippen molar-refractivity contribution in [2.45, 2.75) is 36.9 Å². The molecule has 0 bridgehead atoms. The van der Waals surface area contributed by atoms with E-state index in [4.69, 9.17) is 0 Å². The number of thiophene rings is 1. The number of nitrogens with zero attached hydrogens (tertiary/aromatic N) is 1. The molecule has 1 unspecified atom stereocenters. The fourth-order valence-electron chi connectivity index (χ4n) is 2.32. The number of aromatic nitrogens is 1. The quantitative estimate of drug-likeness (QED) is 0.919. The summed E-state index contributed by atoms with van der Waals surface area (Å²) >= 11 is 1.32. The van der Waals surface area contributed by atoms with Crippen molar-refractivity contribution < 1.29 is 8.42 Å². The van der Waals surface area contributed by atoms with Crippen molar-refractivity contribution in [3.63, 3.8) is 0 Å². The van der Waals surface area contributed by atoms with Crippen molar-refractivity contribution >= 4 is 21.4 Å². The van der Waals surface area contributed by atoms with Gasteiger partial charge in [-0.2, -0.15) is 0 Å². The van der Waals surface area contributed by atoms with Crippen molar-refractivity contribution in [1.29, 1.82) is 0 Å². The molecule has 1 aliphatic rings. The predicted molar refractivity (Wildman–Crippen MR) is 83.8 cm³/mol. The molecule has 21 heavy (non-hydrogen) atoms. The number of hydrogen-bond donors (Lipinski definition) is 1. The predicted octanol–water partition coefficient (Wildman–Crippen LogP) is 3.19. The highest BCUT2D eigenvalue weighted by Gasteiger charge is 2.36. The lowest BCUT2D eigenvalue weighted by atomic mass is 10.1. The van der Waals surface area contributed by atoms with E-state index in [1.54, 1.807) is 18.5 Å². The average Bonchev–Trinajstić information content (AvgIpc) is 3.24. The van der Waals surface area contributed by atoms with Crippen LogP contribution in [-0.2, 0) is 10.0 Å². The first-order valence-corrected chi connectivity index (χ1v) is 9.26. The minimum absolute atomic E-state index is 0.175. The molecule has 2 heterocycles. The van der Waals surface area contributed by atoms with Gasteiger partial charge in [0.2, 0.25) is 0 Å². The first-order chi connectivity index (χ1) is 9.97. The van der Waals surface area contributed by atoms with E-state index in [2.05, 4.69) is 9.71 Å². The molecule has 3 rings (SSSR count). The molecule has 1 saturated carbocycles. The lowest BCUT2D eigenvalue weighted by Gasteiger charge is -2.17. The molecule has 6 heteroatoms. The molecule has 0 aromatic carbocycles. The summed E-state index contributed by atoms with van der Waals surface area (Å²) in [7, 11) is -3.47. The summed E-state index contributed by atoms with van der Waals surface area (Å²) in [4.78, 5) is 5.15. The van der Waals surface area contributed by atoms with Crippen LogP contribution in [0.2, 0.25) is 0 Å². The minimum atomic E-state index is -3.47. The van der Waals surface area contributed by atoms with Crippen molar-refractivity contribution in [3.05, 3.63) is 46.6 Å². The van der Waals surface area contributed by atoms with Gasteiger partial charge in [0.15, 0.2) is 0 Å². The topological polar surface area (TPSA) is 59.1 Å². The maximum absolute atomic E-state index is 12.6. The number of rotatable bonds is 5. The van der Waals surface area contributed by atoms with Crippen molar-refractivity contribution in [2.24, 2.45) is 5.92 Å². The van der Waals surface area contributed by atoms with Crippen LogP contribution in [0.4, 0.5) is 0 Å². The molecule has 0 spiro atoms. The zero-order chi connectivity index (χ0) is 15.0. The molecule has 0 amide bonds.